The highest BCUT2D eigenvalue weighted by atomic mass is 32.2. The van der Waals surface area contributed by atoms with Gasteiger partial charge in [0.15, 0.2) is 11.0 Å². The van der Waals surface area contributed by atoms with Crippen molar-refractivity contribution in [3.05, 3.63) is 42.5 Å². The molecule has 2 aromatic rings. The summed E-state index contributed by atoms with van der Waals surface area (Å²) in [5, 5.41) is 9.26. The number of hydrogen-bond acceptors (Lipinski definition) is 4. The molecule has 0 fully saturated rings. The normalized spacial score (nSPS) is 12.4. The Labute approximate surface area is 166 Å². The molecule has 0 N–H and O–H groups in total. The SMILES string of the molecule is C=CCn1c(SC(C)C(=O)N(C(C)C)C(C)C)nnc1-c1cccc(C)c1. The second kappa shape index (κ2) is 9.22. The van der Waals surface area contributed by atoms with E-state index in [4.69, 9.17) is 0 Å². The van der Waals surface area contributed by atoms with E-state index in [1.807, 2.05) is 62.3 Å². The van der Waals surface area contributed by atoms with Gasteiger partial charge in [0.25, 0.3) is 0 Å². The van der Waals surface area contributed by atoms with Crippen LogP contribution < -0.4 is 0 Å². The minimum atomic E-state index is -0.243. The summed E-state index contributed by atoms with van der Waals surface area (Å²) in [5.41, 5.74) is 2.18. The van der Waals surface area contributed by atoms with Gasteiger partial charge in [-0.25, -0.2) is 0 Å². The minimum Gasteiger partial charge on any atom is -0.337 e. The van der Waals surface area contributed by atoms with Crippen LogP contribution in [-0.2, 0) is 11.3 Å². The van der Waals surface area contributed by atoms with Crippen LogP contribution in [0.3, 0.4) is 0 Å². The lowest BCUT2D eigenvalue weighted by atomic mass is 10.1. The van der Waals surface area contributed by atoms with Crippen LogP contribution in [0, 0.1) is 6.92 Å². The lowest BCUT2D eigenvalue weighted by Crippen LogP contribution is -2.45. The molecule has 0 bridgehead atoms. The smallest absolute Gasteiger partial charge is 0.236 e. The zero-order chi connectivity index (χ0) is 20.1. The molecular weight excluding hydrogens is 356 g/mol. The second-order valence-corrected chi connectivity index (χ2v) is 8.58. The molecule has 1 aromatic carbocycles. The molecule has 0 aliphatic rings. The Morgan fingerprint density at radius 1 is 1.22 bits per heavy atom. The molecule has 0 saturated carbocycles. The summed E-state index contributed by atoms with van der Waals surface area (Å²) < 4.78 is 2.02. The third-order valence-electron chi connectivity index (χ3n) is 4.30. The van der Waals surface area contributed by atoms with Crippen molar-refractivity contribution in [2.24, 2.45) is 0 Å². The quantitative estimate of drug-likeness (QED) is 0.493. The molecule has 0 aliphatic carbocycles. The Hall–Kier alpha value is -2.08. The van der Waals surface area contributed by atoms with Crippen LogP contribution in [0.15, 0.2) is 42.1 Å². The van der Waals surface area contributed by atoms with Gasteiger partial charge in [-0.05, 0) is 47.6 Å². The summed E-state index contributed by atoms with van der Waals surface area (Å²) in [6, 6.07) is 8.51. The van der Waals surface area contributed by atoms with Crippen molar-refractivity contribution in [3.8, 4) is 11.4 Å². The molecule has 146 valence electrons. The first-order valence-electron chi connectivity index (χ1n) is 9.36. The number of amides is 1. The summed E-state index contributed by atoms with van der Waals surface area (Å²) in [5.74, 6) is 0.917. The molecule has 1 aromatic heterocycles. The summed E-state index contributed by atoms with van der Waals surface area (Å²) in [7, 11) is 0. The van der Waals surface area contributed by atoms with Gasteiger partial charge >= 0.3 is 0 Å². The average molecular weight is 387 g/mol. The Morgan fingerprint density at radius 2 is 1.89 bits per heavy atom. The predicted octanol–water partition coefficient (Wildman–Crippen LogP) is 4.57. The molecule has 0 aliphatic heterocycles. The minimum absolute atomic E-state index is 0.121. The molecule has 27 heavy (non-hydrogen) atoms. The Bertz CT molecular complexity index is 789. The lowest BCUT2D eigenvalue weighted by molar-refractivity contribution is -0.133. The van der Waals surface area contributed by atoms with E-state index in [0.717, 1.165) is 16.5 Å². The molecule has 1 heterocycles. The number of benzene rings is 1. The highest BCUT2D eigenvalue weighted by Crippen LogP contribution is 2.28. The van der Waals surface area contributed by atoms with E-state index in [1.54, 1.807) is 0 Å². The van der Waals surface area contributed by atoms with Crippen molar-refractivity contribution in [3.63, 3.8) is 0 Å². The van der Waals surface area contributed by atoms with Gasteiger partial charge in [0, 0.05) is 24.2 Å². The molecule has 0 saturated heterocycles. The van der Waals surface area contributed by atoms with Crippen LogP contribution in [0.25, 0.3) is 11.4 Å². The average Bonchev–Trinajstić information content (AvgIpc) is 2.97. The third kappa shape index (κ3) is 5.01. The summed E-state index contributed by atoms with van der Waals surface area (Å²) in [6.07, 6.45) is 1.83. The standard InChI is InChI=1S/C21H30N4OS/c1-8-12-24-19(18-11-9-10-16(6)13-18)22-23-21(24)27-17(7)20(26)25(14(2)3)15(4)5/h8-11,13-15,17H,1,12H2,2-7H3. The van der Waals surface area contributed by atoms with Crippen molar-refractivity contribution in [2.45, 2.75) is 70.6 Å². The van der Waals surface area contributed by atoms with Crippen molar-refractivity contribution >= 4 is 17.7 Å². The molecule has 0 radical (unpaired) electrons. The third-order valence-corrected chi connectivity index (χ3v) is 5.37. The zero-order valence-corrected chi connectivity index (χ0v) is 18.0. The number of thioether (sulfide) groups is 1. The van der Waals surface area contributed by atoms with E-state index in [2.05, 4.69) is 35.8 Å². The number of carbonyl (C=O) groups excluding carboxylic acids is 1. The van der Waals surface area contributed by atoms with Gasteiger partial charge in [-0.15, -0.1) is 16.8 Å². The lowest BCUT2D eigenvalue weighted by Gasteiger charge is -2.32. The van der Waals surface area contributed by atoms with E-state index in [1.165, 1.54) is 17.3 Å². The maximum Gasteiger partial charge on any atom is 0.236 e. The van der Waals surface area contributed by atoms with E-state index in [9.17, 15) is 4.79 Å². The second-order valence-electron chi connectivity index (χ2n) is 7.27. The van der Waals surface area contributed by atoms with Gasteiger partial charge < -0.3 is 4.90 Å². The van der Waals surface area contributed by atoms with Crippen LogP contribution in [-0.4, -0.2) is 42.9 Å². The summed E-state index contributed by atoms with van der Waals surface area (Å²) in [6.45, 7) is 16.6. The van der Waals surface area contributed by atoms with E-state index < -0.39 is 0 Å². The zero-order valence-electron chi connectivity index (χ0n) is 17.1. The van der Waals surface area contributed by atoms with Crippen molar-refractivity contribution < 1.29 is 4.79 Å². The van der Waals surface area contributed by atoms with Crippen LogP contribution in [0.2, 0.25) is 0 Å². The molecule has 0 spiro atoms. The Morgan fingerprint density at radius 3 is 2.44 bits per heavy atom. The van der Waals surface area contributed by atoms with Gasteiger partial charge in [-0.2, -0.15) is 0 Å². The highest BCUT2D eigenvalue weighted by Gasteiger charge is 2.27. The monoisotopic (exact) mass is 386 g/mol. The van der Waals surface area contributed by atoms with Crippen molar-refractivity contribution in [1.82, 2.24) is 19.7 Å². The Balaban J connectivity index is 2.31. The Kier molecular flexibility index (Phi) is 7.25. The fraction of sp³-hybridized carbons (Fsp3) is 0.476. The fourth-order valence-corrected chi connectivity index (χ4v) is 4.11. The molecule has 2 rings (SSSR count). The van der Waals surface area contributed by atoms with E-state index in [0.29, 0.717) is 6.54 Å². The number of rotatable bonds is 8. The van der Waals surface area contributed by atoms with Gasteiger partial charge in [-0.3, -0.25) is 9.36 Å². The van der Waals surface area contributed by atoms with Crippen molar-refractivity contribution in [2.75, 3.05) is 0 Å². The van der Waals surface area contributed by atoms with Crippen molar-refractivity contribution in [1.29, 1.82) is 0 Å². The molecule has 6 heteroatoms. The first kappa shape index (κ1) is 21.2. The highest BCUT2D eigenvalue weighted by molar-refractivity contribution is 8.00. The van der Waals surface area contributed by atoms with E-state index >= 15 is 0 Å². The summed E-state index contributed by atoms with van der Waals surface area (Å²) >= 11 is 1.45. The topological polar surface area (TPSA) is 51.0 Å². The molecular formula is C21H30N4OS. The number of allylic oxidation sites excluding steroid dienone is 1. The molecule has 1 amide bonds. The van der Waals surface area contributed by atoms with Gasteiger partial charge in [0.2, 0.25) is 5.91 Å². The van der Waals surface area contributed by atoms with Crippen LogP contribution >= 0.6 is 11.8 Å². The van der Waals surface area contributed by atoms with Crippen LogP contribution in [0.1, 0.15) is 40.2 Å². The summed E-state index contributed by atoms with van der Waals surface area (Å²) in [4.78, 5) is 14.9. The van der Waals surface area contributed by atoms with Crippen LogP contribution in [0.5, 0.6) is 0 Å². The number of nitrogens with zero attached hydrogens (tertiary/aromatic N) is 4. The number of hydrogen-bond donors (Lipinski definition) is 0. The first-order valence-corrected chi connectivity index (χ1v) is 10.2. The van der Waals surface area contributed by atoms with Gasteiger partial charge in [0.1, 0.15) is 0 Å². The van der Waals surface area contributed by atoms with Gasteiger partial charge in [-0.1, -0.05) is 41.6 Å². The maximum atomic E-state index is 12.9. The van der Waals surface area contributed by atoms with Crippen LogP contribution in [0.4, 0.5) is 0 Å². The molecule has 1 unspecified atom stereocenters. The molecule has 5 nitrogen and oxygen atoms in total. The first-order chi connectivity index (χ1) is 12.8. The largest absolute Gasteiger partial charge is 0.337 e. The van der Waals surface area contributed by atoms with E-state index in [-0.39, 0.29) is 23.2 Å². The number of aryl methyl sites for hydroxylation is 1. The predicted molar refractivity (Wildman–Crippen MR) is 113 cm³/mol. The fourth-order valence-electron chi connectivity index (χ4n) is 3.19. The molecule has 1 atom stereocenters. The number of carbonyl (C=O) groups is 1. The van der Waals surface area contributed by atoms with Gasteiger partial charge in [0.05, 0.1) is 5.25 Å². The number of aromatic nitrogens is 3. The maximum absolute atomic E-state index is 12.9.